The Labute approximate surface area is 155 Å². The molecule has 0 bridgehead atoms. The maximum atomic E-state index is 12.4. The van der Waals surface area contributed by atoms with Gasteiger partial charge >= 0.3 is 0 Å². The molecule has 1 aliphatic rings. The standard InChI is InChI=1S/C18H18N6O3/c1-11-9-15(23-22-11)21-16(25)12-4-6-24(7-5-12)18-13(10-19)20-17(27-18)14-3-2-8-26-14/h2-3,8-9,12H,4-7H2,1H3,(H2,21,22,23,25). The average molecular weight is 366 g/mol. The van der Waals surface area contributed by atoms with E-state index in [0.717, 1.165) is 5.69 Å². The van der Waals surface area contributed by atoms with Crippen molar-refractivity contribution in [2.45, 2.75) is 19.8 Å². The molecule has 3 aromatic rings. The average Bonchev–Trinajstić information content (AvgIpc) is 3.42. The van der Waals surface area contributed by atoms with Crippen LogP contribution in [0.25, 0.3) is 11.7 Å². The molecule has 0 atom stereocenters. The van der Waals surface area contributed by atoms with Crippen LogP contribution >= 0.6 is 0 Å². The first-order valence-corrected chi connectivity index (χ1v) is 8.66. The van der Waals surface area contributed by atoms with Gasteiger partial charge in [0, 0.05) is 30.8 Å². The van der Waals surface area contributed by atoms with E-state index in [1.165, 1.54) is 6.26 Å². The smallest absolute Gasteiger partial charge is 0.266 e. The van der Waals surface area contributed by atoms with Crippen molar-refractivity contribution in [1.82, 2.24) is 15.2 Å². The number of anilines is 2. The van der Waals surface area contributed by atoms with Crippen LogP contribution in [0.15, 0.2) is 33.3 Å². The Balaban J connectivity index is 1.42. The highest BCUT2D eigenvalue weighted by Crippen LogP contribution is 2.31. The van der Waals surface area contributed by atoms with Gasteiger partial charge in [-0.15, -0.1) is 0 Å². The van der Waals surface area contributed by atoms with Crippen LogP contribution in [0.2, 0.25) is 0 Å². The Morgan fingerprint density at radius 3 is 2.89 bits per heavy atom. The number of carbonyl (C=O) groups excluding carboxylic acids is 1. The lowest BCUT2D eigenvalue weighted by molar-refractivity contribution is -0.120. The minimum absolute atomic E-state index is 0.0458. The number of carbonyl (C=O) groups is 1. The van der Waals surface area contributed by atoms with Crippen LogP contribution in [0.1, 0.15) is 24.2 Å². The van der Waals surface area contributed by atoms with E-state index in [2.05, 4.69) is 26.6 Å². The minimum Gasteiger partial charge on any atom is -0.459 e. The third-order valence-corrected chi connectivity index (χ3v) is 4.56. The Hall–Kier alpha value is -3.54. The second-order valence-electron chi connectivity index (χ2n) is 6.45. The molecule has 0 aliphatic carbocycles. The number of amides is 1. The molecular formula is C18H18N6O3. The quantitative estimate of drug-likeness (QED) is 0.727. The van der Waals surface area contributed by atoms with E-state index in [-0.39, 0.29) is 23.4 Å². The number of nitrogens with zero attached hydrogens (tertiary/aromatic N) is 4. The summed E-state index contributed by atoms with van der Waals surface area (Å²) in [5.41, 5.74) is 1.11. The Morgan fingerprint density at radius 1 is 1.44 bits per heavy atom. The van der Waals surface area contributed by atoms with Crippen molar-refractivity contribution in [3.63, 3.8) is 0 Å². The van der Waals surface area contributed by atoms with Crippen molar-refractivity contribution < 1.29 is 13.6 Å². The highest BCUT2D eigenvalue weighted by molar-refractivity contribution is 5.91. The lowest BCUT2D eigenvalue weighted by Crippen LogP contribution is -2.38. The van der Waals surface area contributed by atoms with Crippen molar-refractivity contribution in [2.24, 2.45) is 5.92 Å². The third kappa shape index (κ3) is 3.42. The largest absolute Gasteiger partial charge is 0.459 e. The van der Waals surface area contributed by atoms with E-state index in [4.69, 9.17) is 8.83 Å². The van der Waals surface area contributed by atoms with Crippen molar-refractivity contribution in [3.05, 3.63) is 35.9 Å². The molecular weight excluding hydrogens is 348 g/mol. The molecule has 0 unspecified atom stereocenters. The Morgan fingerprint density at radius 2 is 2.26 bits per heavy atom. The summed E-state index contributed by atoms with van der Waals surface area (Å²) >= 11 is 0. The summed E-state index contributed by atoms with van der Waals surface area (Å²) < 4.78 is 11.0. The van der Waals surface area contributed by atoms with Gasteiger partial charge in [-0.05, 0) is 31.9 Å². The van der Waals surface area contributed by atoms with Crippen molar-refractivity contribution in [1.29, 1.82) is 5.26 Å². The summed E-state index contributed by atoms with van der Waals surface area (Å²) in [6, 6.07) is 7.31. The highest BCUT2D eigenvalue weighted by Gasteiger charge is 2.29. The molecule has 9 nitrogen and oxygen atoms in total. The van der Waals surface area contributed by atoms with E-state index >= 15 is 0 Å². The molecule has 0 saturated carbocycles. The predicted molar refractivity (Wildman–Crippen MR) is 95.8 cm³/mol. The number of oxazole rings is 1. The van der Waals surface area contributed by atoms with E-state index < -0.39 is 0 Å². The van der Waals surface area contributed by atoms with Gasteiger partial charge in [0.2, 0.25) is 17.5 Å². The number of piperidine rings is 1. The fourth-order valence-corrected chi connectivity index (χ4v) is 3.16. The molecule has 4 heterocycles. The van der Waals surface area contributed by atoms with Crippen LogP contribution < -0.4 is 10.2 Å². The number of H-pyrrole nitrogens is 1. The van der Waals surface area contributed by atoms with Crippen LogP contribution in [0.4, 0.5) is 11.7 Å². The van der Waals surface area contributed by atoms with Gasteiger partial charge < -0.3 is 19.1 Å². The van der Waals surface area contributed by atoms with Crippen molar-refractivity contribution in [2.75, 3.05) is 23.3 Å². The number of furan rings is 1. The number of hydrogen-bond acceptors (Lipinski definition) is 7. The van der Waals surface area contributed by atoms with Gasteiger partial charge in [-0.25, -0.2) is 0 Å². The zero-order valence-electron chi connectivity index (χ0n) is 14.7. The summed E-state index contributed by atoms with van der Waals surface area (Å²) in [6.07, 6.45) is 2.82. The summed E-state index contributed by atoms with van der Waals surface area (Å²) in [7, 11) is 0. The molecule has 0 spiro atoms. The SMILES string of the molecule is Cc1cc(NC(=O)C2CCN(c3oc(-c4ccco4)nc3C#N)CC2)n[nH]1. The summed E-state index contributed by atoms with van der Waals surface area (Å²) in [5.74, 6) is 1.55. The second-order valence-corrected chi connectivity index (χ2v) is 6.45. The lowest BCUT2D eigenvalue weighted by atomic mass is 9.96. The summed E-state index contributed by atoms with van der Waals surface area (Å²) in [5, 5.41) is 19.0. The zero-order valence-corrected chi connectivity index (χ0v) is 14.7. The molecule has 3 aromatic heterocycles. The van der Waals surface area contributed by atoms with Gasteiger partial charge in [-0.1, -0.05) is 0 Å². The van der Waals surface area contributed by atoms with Gasteiger partial charge in [-0.3, -0.25) is 9.89 Å². The third-order valence-electron chi connectivity index (χ3n) is 4.56. The topological polar surface area (TPSA) is 124 Å². The molecule has 9 heteroatoms. The lowest BCUT2D eigenvalue weighted by Gasteiger charge is -2.30. The first kappa shape index (κ1) is 16.9. The van der Waals surface area contributed by atoms with Gasteiger partial charge in [0.1, 0.15) is 6.07 Å². The number of aryl methyl sites for hydroxylation is 1. The normalized spacial score (nSPS) is 14.9. The van der Waals surface area contributed by atoms with Gasteiger partial charge in [0.25, 0.3) is 5.89 Å². The fourth-order valence-electron chi connectivity index (χ4n) is 3.16. The summed E-state index contributed by atoms with van der Waals surface area (Å²) in [6.45, 7) is 3.07. The van der Waals surface area contributed by atoms with E-state index in [1.807, 2.05) is 11.8 Å². The first-order chi connectivity index (χ1) is 13.1. The van der Waals surface area contributed by atoms with E-state index in [9.17, 15) is 10.1 Å². The van der Waals surface area contributed by atoms with E-state index in [1.54, 1.807) is 18.2 Å². The number of nitriles is 1. The number of rotatable bonds is 4. The molecule has 1 saturated heterocycles. The Kier molecular flexibility index (Phi) is 4.38. The van der Waals surface area contributed by atoms with Crippen molar-refractivity contribution in [3.8, 4) is 17.7 Å². The van der Waals surface area contributed by atoms with Crippen LogP contribution in [-0.2, 0) is 4.79 Å². The van der Waals surface area contributed by atoms with Crippen LogP contribution in [0.3, 0.4) is 0 Å². The van der Waals surface area contributed by atoms with E-state index in [0.29, 0.717) is 43.4 Å². The molecule has 27 heavy (non-hydrogen) atoms. The number of aromatic nitrogens is 3. The molecule has 1 fully saturated rings. The highest BCUT2D eigenvalue weighted by atomic mass is 16.4. The zero-order chi connectivity index (χ0) is 18.8. The molecule has 2 N–H and O–H groups in total. The van der Waals surface area contributed by atoms with Gasteiger partial charge in [0.05, 0.1) is 6.26 Å². The maximum absolute atomic E-state index is 12.4. The summed E-state index contributed by atoms with van der Waals surface area (Å²) in [4.78, 5) is 18.6. The molecule has 138 valence electrons. The Bertz CT molecular complexity index is 973. The van der Waals surface area contributed by atoms with Gasteiger partial charge in [0.15, 0.2) is 11.6 Å². The number of nitrogens with one attached hydrogen (secondary N) is 2. The number of aromatic amines is 1. The molecule has 0 aromatic carbocycles. The van der Waals surface area contributed by atoms with Crippen LogP contribution in [0, 0.1) is 24.2 Å². The minimum atomic E-state index is -0.115. The monoisotopic (exact) mass is 366 g/mol. The fraction of sp³-hybridized carbons (Fsp3) is 0.333. The van der Waals surface area contributed by atoms with Crippen molar-refractivity contribution >= 4 is 17.6 Å². The maximum Gasteiger partial charge on any atom is 0.266 e. The number of hydrogen-bond donors (Lipinski definition) is 2. The molecule has 4 rings (SSSR count). The van der Waals surface area contributed by atoms with Crippen LogP contribution in [0.5, 0.6) is 0 Å². The molecule has 1 aliphatic heterocycles. The first-order valence-electron chi connectivity index (χ1n) is 8.66. The molecule has 1 amide bonds. The molecule has 0 radical (unpaired) electrons. The predicted octanol–water partition coefficient (Wildman–Crippen LogP) is 2.69. The second kappa shape index (κ2) is 6.99. The van der Waals surface area contributed by atoms with Gasteiger partial charge in [-0.2, -0.15) is 15.3 Å². The van der Waals surface area contributed by atoms with Crippen LogP contribution in [-0.4, -0.2) is 34.2 Å².